The summed E-state index contributed by atoms with van der Waals surface area (Å²) in [6, 6.07) is 2.00. The molecule has 0 radical (unpaired) electrons. The highest BCUT2D eigenvalue weighted by atomic mass is 15.3. The fourth-order valence-electron chi connectivity index (χ4n) is 1.47. The molecule has 0 unspecified atom stereocenters. The number of anilines is 1. The van der Waals surface area contributed by atoms with Crippen LogP contribution >= 0.6 is 0 Å². The number of nitrogens with two attached hydrogens (primary N) is 1. The predicted octanol–water partition coefficient (Wildman–Crippen LogP) is 1.53. The molecule has 0 aliphatic heterocycles. The van der Waals surface area contributed by atoms with Crippen molar-refractivity contribution in [1.82, 2.24) is 14.8 Å². The molecule has 2 aromatic heterocycles. The lowest BCUT2D eigenvalue weighted by molar-refractivity contribution is 0.686. The van der Waals surface area contributed by atoms with Crippen LogP contribution in [-0.2, 0) is 6.54 Å². The van der Waals surface area contributed by atoms with Crippen LogP contribution in [0, 0.1) is 13.8 Å². The van der Waals surface area contributed by atoms with Crippen LogP contribution in [-0.4, -0.2) is 14.8 Å². The van der Waals surface area contributed by atoms with Crippen molar-refractivity contribution in [2.45, 2.75) is 20.4 Å². The maximum absolute atomic E-state index is 5.69. The van der Waals surface area contributed by atoms with Gasteiger partial charge >= 0.3 is 0 Å². The van der Waals surface area contributed by atoms with Crippen LogP contribution in [0.4, 0.5) is 5.82 Å². The van der Waals surface area contributed by atoms with E-state index < -0.39 is 0 Å². The van der Waals surface area contributed by atoms with Crippen molar-refractivity contribution in [3.63, 3.8) is 0 Å². The van der Waals surface area contributed by atoms with Crippen molar-refractivity contribution in [2.75, 3.05) is 5.73 Å². The quantitative estimate of drug-likeness (QED) is 0.803. The van der Waals surface area contributed by atoms with Crippen LogP contribution in [0.3, 0.4) is 0 Å². The van der Waals surface area contributed by atoms with Gasteiger partial charge in [-0.1, -0.05) is 0 Å². The van der Waals surface area contributed by atoms with E-state index in [1.807, 2.05) is 37.0 Å². The van der Waals surface area contributed by atoms with Crippen LogP contribution in [0.15, 0.2) is 24.7 Å². The first-order chi connectivity index (χ1) is 7.16. The molecule has 78 valence electrons. The van der Waals surface area contributed by atoms with Crippen LogP contribution in [0.2, 0.25) is 0 Å². The molecule has 4 nitrogen and oxygen atoms in total. The van der Waals surface area contributed by atoms with Gasteiger partial charge in [0.2, 0.25) is 0 Å². The predicted molar refractivity (Wildman–Crippen MR) is 59.5 cm³/mol. The number of rotatable bonds is 2. The van der Waals surface area contributed by atoms with E-state index in [1.54, 1.807) is 6.20 Å². The third-order valence-corrected chi connectivity index (χ3v) is 2.45. The van der Waals surface area contributed by atoms with Gasteiger partial charge in [-0.2, -0.15) is 5.10 Å². The van der Waals surface area contributed by atoms with Crippen LogP contribution in [0.5, 0.6) is 0 Å². The number of aromatic nitrogens is 3. The van der Waals surface area contributed by atoms with Gasteiger partial charge < -0.3 is 5.73 Å². The first kappa shape index (κ1) is 9.71. The van der Waals surface area contributed by atoms with E-state index in [9.17, 15) is 0 Å². The number of aryl methyl sites for hydroxylation is 2. The van der Waals surface area contributed by atoms with Crippen molar-refractivity contribution in [3.8, 4) is 0 Å². The number of hydrogen-bond donors (Lipinski definition) is 1. The van der Waals surface area contributed by atoms with Crippen molar-refractivity contribution in [2.24, 2.45) is 0 Å². The van der Waals surface area contributed by atoms with Crippen molar-refractivity contribution in [1.29, 1.82) is 0 Å². The van der Waals surface area contributed by atoms with Crippen LogP contribution < -0.4 is 5.73 Å². The van der Waals surface area contributed by atoms with Gasteiger partial charge in [-0.15, -0.1) is 0 Å². The smallest absolute Gasteiger partial charge is 0.148 e. The molecular weight excluding hydrogens is 188 g/mol. The van der Waals surface area contributed by atoms with Gasteiger partial charge in [0.1, 0.15) is 5.82 Å². The number of nitrogens with zero attached hydrogens (tertiary/aromatic N) is 3. The van der Waals surface area contributed by atoms with Crippen LogP contribution in [0.25, 0.3) is 0 Å². The molecule has 2 heterocycles. The summed E-state index contributed by atoms with van der Waals surface area (Å²) in [6.07, 6.45) is 5.60. The Kier molecular flexibility index (Phi) is 2.41. The molecular formula is C11H14N4. The maximum Gasteiger partial charge on any atom is 0.148 e. The molecule has 0 saturated carbocycles. The summed E-state index contributed by atoms with van der Waals surface area (Å²) in [6.45, 7) is 4.74. The van der Waals surface area contributed by atoms with Gasteiger partial charge in [0, 0.05) is 24.2 Å². The van der Waals surface area contributed by atoms with Crippen molar-refractivity contribution >= 4 is 5.82 Å². The summed E-state index contributed by atoms with van der Waals surface area (Å²) in [4.78, 5) is 4.05. The van der Waals surface area contributed by atoms with E-state index in [4.69, 9.17) is 5.73 Å². The summed E-state index contributed by atoms with van der Waals surface area (Å²) in [5.74, 6) is 0.599. The summed E-state index contributed by atoms with van der Waals surface area (Å²) in [5.41, 5.74) is 9.09. The molecule has 2 N–H and O–H groups in total. The van der Waals surface area contributed by atoms with Gasteiger partial charge in [0.15, 0.2) is 0 Å². The molecule has 15 heavy (non-hydrogen) atoms. The minimum atomic E-state index is 0.599. The highest BCUT2D eigenvalue weighted by Crippen LogP contribution is 2.11. The lowest BCUT2D eigenvalue weighted by Crippen LogP contribution is -2.02. The molecule has 2 rings (SSSR count). The fraction of sp³-hybridized carbons (Fsp3) is 0.273. The van der Waals surface area contributed by atoms with E-state index in [0.717, 1.165) is 12.1 Å². The topological polar surface area (TPSA) is 56.7 Å². The standard InChI is InChI=1S/C11H14N4/c1-8-5-13-4-3-10(8)7-15-6-9(2)11(12)14-15/h3-6H,7H2,1-2H3,(H2,12,14). The molecule has 0 amide bonds. The van der Waals surface area contributed by atoms with E-state index in [2.05, 4.69) is 10.1 Å². The molecule has 0 saturated heterocycles. The molecule has 0 aliphatic rings. The second kappa shape index (κ2) is 3.73. The normalized spacial score (nSPS) is 10.5. The van der Waals surface area contributed by atoms with Crippen LogP contribution in [0.1, 0.15) is 16.7 Å². The zero-order chi connectivity index (χ0) is 10.8. The lowest BCUT2D eigenvalue weighted by atomic mass is 10.1. The second-order valence-corrected chi connectivity index (χ2v) is 3.70. The molecule has 4 heteroatoms. The van der Waals surface area contributed by atoms with E-state index in [0.29, 0.717) is 5.82 Å². The Labute approximate surface area is 88.8 Å². The first-order valence-corrected chi connectivity index (χ1v) is 4.86. The third-order valence-electron chi connectivity index (χ3n) is 2.45. The van der Waals surface area contributed by atoms with Crippen molar-refractivity contribution < 1.29 is 0 Å². The Morgan fingerprint density at radius 3 is 2.73 bits per heavy atom. The second-order valence-electron chi connectivity index (χ2n) is 3.70. The molecule has 0 fully saturated rings. The van der Waals surface area contributed by atoms with Gasteiger partial charge in [-0.25, -0.2) is 0 Å². The average Bonchev–Trinajstić information content (AvgIpc) is 2.50. The third kappa shape index (κ3) is 1.98. The minimum absolute atomic E-state index is 0.599. The lowest BCUT2D eigenvalue weighted by Gasteiger charge is -2.04. The Morgan fingerprint density at radius 1 is 1.33 bits per heavy atom. The monoisotopic (exact) mass is 202 g/mol. The molecule has 0 atom stereocenters. The summed E-state index contributed by atoms with van der Waals surface area (Å²) in [5, 5.41) is 4.22. The highest BCUT2D eigenvalue weighted by molar-refractivity contribution is 5.36. The summed E-state index contributed by atoms with van der Waals surface area (Å²) >= 11 is 0. The first-order valence-electron chi connectivity index (χ1n) is 4.86. The largest absolute Gasteiger partial charge is 0.382 e. The van der Waals surface area contributed by atoms with Crippen molar-refractivity contribution in [3.05, 3.63) is 41.3 Å². The number of pyridine rings is 1. The molecule has 0 aromatic carbocycles. The van der Waals surface area contributed by atoms with E-state index in [-0.39, 0.29) is 0 Å². The minimum Gasteiger partial charge on any atom is -0.382 e. The molecule has 0 spiro atoms. The zero-order valence-electron chi connectivity index (χ0n) is 8.94. The summed E-state index contributed by atoms with van der Waals surface area (Å²) in [7, 11) is 0. The highest BCUT2D eigenvalue weighted by Gasteiger charge is 2.03. The van der Waals surface area contributed by atoms with Gasteiger partial charge in [0.05, 0.1) is 6.54 Å². The van der Waals surface area contributed by atoms with Gasteiger partial charge in [0.25, 0.3) is 0 Å². The molecule has 2 aromatic rings. The Hall–Kier alpha value is -1.84. The summed E-state index contributed by atoms with van der Waals surface area (Å²) < 4.78 is 1.85. The fourth-order valence-corrected chi connectivity index (χ4v) is 1.47. The molecule has 0 bridgehead atoms. The van der Waals surface area contributed by atoms with E-state index in [1.165, 1.54) is 11.1 Å². The SMILES string of the molecule is Cc1cnccc1Cn1cc(C)c(N)n1. The van der Waals surface area contributed by atoms with E-state index >= 15 is 0 Å². The Balaban J connectivity index is 2.26. The zero-order valence-corrected chi connectivity index (χ0v) is 8.94. The number of nitrogen functional groups attached to an aromatic ring is 1. The molecule has 0 aliphatic carbocycles. The maximum atomic E-state index is 5.69. The van der Waals surface area contributed by atoms with Gasteiger partial charge in [-0.3, -0.25) is 9.67 Å². The Morgan fingerprint density at radius 2 is 2.13 bits per heavy atom. The van der Waals surface area contributed by atoms with Gasteiger partial charge in [-0.05, 0) is 31.0 Å². The Bertz CT molecular complexity index is 454. The average molecular weight is 202 g/mol. The number of hydrogen-bond acceptors (Lipinski definition) is 3.